The number of hydrogen-bond acceptors (Lipinski definition) is 3. The topological polar surface area (TPSA) is 46.6 Å². The Balaban J connectivity index is 2.32. The molecule has 0 saturated carbocycles. The molecule has 1 heterocycles. The van der Waals surface area contributed by atoms with Crippen LogP contribution >= 0.6 is 0 Å². The summed E-state index contributed by atoms with van der Waals surface area (Å²) >= 11 is 0. The van der Waals surface area contributed by atoms with E-state index in [0.29, 0.717) is 24.7 Å². The first kappa shape index (κ1) is 12.5. The molecule has 0 aromatic heterocycles. The van der Waals surface area contributed by atoms with E-state index in [1.54, 1.807) is 12.1 Å². The van der Waals surface area contributed by atoms with Crippen LogP contribution < -0.4 is 0 Å². The van der Waals surface area contributed by atoms with Gasteiger partial charge in [0.2, 0.25) is 10.0 Å². The number of morpholine rings is 1. The first-order chi connectivity index (χ1) is 8.01. The van der Waals surface area contributed by atoms with E-state index >= 15 is 0 Å². The maximum atomic E-state index is 12.4. The van der Waals surface area contributed by atoms with E-state index in [0.717, 1.165) is 5.56 Å². The molecule has 5 heteroatoms. The second-order valence-corrected chi connectivity index (χ2v) is 6.24. The van der Waals surface area contributed by atoms with Gasteiger partial charge in [-0.1, -0.05) is 17.7 Å². The quantitative estimate of drug-likeness (QED) is 0.802. The molecule has 0 bridgehead atoms. The fourth-order valence-electron chi connectivity index (χ4n) is 1.91. The number of nitrogens with zero attached hydrogens (tertiary/aromatic N) is 1. The van der Waals surface area contributed by atoms with Crippen LogP contribution in [0.1, 0.15) is 12.5 Å². The van der Waals surface area contributed by atoms with Gasteiger partial charge in [0.1, 0.15) is 0 Å². The first-order valence-corrected chi connectivity index (χ1v) is 7.12. The smallest absolute Gasteiger partial charge is 0.243 e. The van der Waals surface area contributed by atoms with Crippen LogP contribution in [-0.4, -0.2) is 38.5 Å². The average molecular weight is 255 g/mol. The molecular formula is C12H17NO3S. The largest absolute Gasteiger partial charge is 0.378 e. The summed E-state index contributed by atoms with van der Waals surface area (Å²) < 4.78 is 31.5. The zero-order valence-corrected chi connectivity index (χ0v) is 10.9. The average Bonchev–Trinajstić information content (AvgIpc) is 2.30. The molecule has 0 spiro atoms. The molecule has 1 aliphatic rings. The zero-order chi connectivity index (χ0) is 12.5. The van der Waals surface area contributed by atoms with Crippen molar-refractivity contribution in [2.24, 2.45) is 0 Å². The third-order valence-corrected chi connectivity index (χ3v) is 4.96. The lowest BCUT2D eigenvalue weighted by molar-refractivity contribution is 0.0393. The Labute approximate surface area is 102 Å². The lowest BCUT2D eigenvalue weighted by atomic mass is 10.2. The normalized spacial score (nSPS) is 22.6. The highest BCUT2D eigenvalue weighted by Crippen LogP contribution is 2.20. The Morgan fingerprint density at radius 1 is 1.29 bits per heavy atom. The Morgan fingerprint density at radius 2 is 1.94 bits per heavy atom. The van der Waals surface area contributed by atoms with E-state index in [1.165, 1.54) is 4.31 Å². The van der Waals surface area contributed by atoms with Crippen molar-refractivity contribution in [3.8, 4) is 0 Å². The molecule has 0 amide bonds. The molecule has 0 N–H and O–H groups in total. The number of aryl methyl sites for hydroxylation is 1. The zero-order valence-electron chi connectivity index (χ0n) is 10.1. The van der Waals surface area contributed by atoms with Gasteiger partial charge in [-0.15, -0.1) is 0 Å². The molecule has 1 saturated heterocycles. The van der Waals surface area contributed by atoms with Crippen molar-refractivity contribution in [3.05, 3.63) is 29.8 Å². The van der Waals surface area contributed by atoms with Gasteiger partial charge < -0.3 is 4.74 Å². The Bertz CT molecular complexity index is 481. The second-order valence-electron chi connectivity index (χ2n) is 4.35. The maximum absolute atomic E-state index is 12.4. The van der Waals surface area contributed by atoms with Crippen molar-refractivity contribution < 1.29 is 13.2 Å². The monoisotopic (exact) mass is 255 g/mol. The summed E-state index contributed by atoms with van der Waals surface area (Å²) in [5.74, 6) is 0. The van der Waals surface area contributed by atoms with Crippen LogP contribution in [0, 0.1) is 6.92 Å². The maximum Gasteiger partial charge on any atom is 0.243 e. The van der Waals surface area contributed by atoms with Gasteiger partial charge >= 0.3 is 0 Å². The molecule has 0 radical (unpaired) electrons. The summed E-state index contributed by atoms with van der Waals surface area (Å²) in [6.45, 7) is 5.16. The van der Waals surface area contributed by atoms with Crippen LogP contribution in [0.15, 0.2) is 29.2 Å². The molecule has 2 rings (SSSR count). The van der Waals surface area contributed by atoms with Crippen LogP contribution in [0.25, 0.3) is 0 Å². The van der Waals surface area contributed by atoms with E-state index in [2.05, 4.69) is 0 Å². The highest BCUT2D eigenvalue weighted by Gasteiger charge is 2.31. The van der Waals surface area contributed by atoms with Gasteiger partial charge in [-0.25, -0.2) is 8.42 Å². The highest BCUT2D eigenvalue weighted by atomic mass is 32.2. The van der Waals surface area contributed by atoms with E-state index < -0.39 is 10.0 Å². The molecule has 1 aromatic carbocycles. The van der Waals surface area contributed by atoms with Crippen molar-refractivity contribution in [1.29, 1.82) is 0 Å². The molecule has 1 aromatic rings. The van der Waals surface area contributed by atoms with Crippen LogP contribution in [0.5, 0.6) is 0 Å². The van der Waals surface area contributed by atoms with Crippen molar-refractivity contribution in [2.75, 3.05) is 19.8 Å². The van der Waals surface area contributed by atoms with E-state index in [-0.39, 0.29) is 6.04 Å². The minimum absolute atomic E-state index is 0.102. The summed E-state index contributed by atoms with van der Waals surface area (Å²) in [6.07, 6.45) is 0. The lowest BCUT2D eigenvalue weighted by Gasteiger charge is -2.32. The fraction of sp³-hybridized carbons (Fsp3) is 0.500. The molecule has 1 fully saturated rings. The first-order valence-electron chi connectivity index (χ1n) is 5.68. The van der Waals surface area contributed by atoms with Crippen LogP contribution in [0.2, 0.25) is 0 Å². The van der Waals surface area contributed by atoms with Crippen LogP contribution in [0.4, 0.5) is 0 Å². The van der Waals surface area contributed by atoms with Gasteiger partial charge in [0.25, 0.3) is 0 Å². The molecule has 0 aliphatic carbocycles. The van der Waals surface area contributed by atoms with Crippen molar-refractivity contribution in [3.63, 3.8) is 0 Å². The van der Waals surface area contributed by atoms with Crippen LogP contribution in [0.3, 0.4) is 0 Å². The minimum Gasteiger partial charge on any atom is -0.378 e. The van der Waals surface area contributed by atoms with Gasteiger partial charge in [0.05, 0.1) is 18.1 Å². The SMILES string of the molecule is Cc1ccc(S(=O)(=O)N2CCOCC2C)cc1. The molecule has 94 valence electrons. The Morgan fingerprint density at radius 3 is 2.53 bits per heavy atom. The van der Waals surface area contributed by atoms with Gasteiger partial charge in [0.15, 0.2) is 0 Å². The van der Waals surface area contributed by atoms with Crippen molar-refractivity contribution in [1.82, 2.24) is 4.31 Å². The molecular weight excluding hydrogens is 238 g/mol. The second kappa shape index (κ2) is 4.76. The number of ether oxygens (including phenoxy) is 1. The van der Waals surface area contributed by atoms with Gasteiger partial charge in [-0.3, -0.25) is 0 Å². The molecule has 1 atom stereocenters. The van der Waals surface area contributed by atoms with Crippen molar-refractivity contribution in [2.45, 2.75) is 24.8 Å². The predicted octanol–water partition coefficient (Wildman–Crippen LogP) is 1.40. The van der Waals surface area contributed by atoms with Crippen LogP contribution in [-0.2, 0) is 14.8 Å². The molecule has 17 heavy (non-hydrogen) atoms. The van der Waals surface area contributed by atoms with Gasteiger partial charge in [-0.2, -0.15) is 4.31 Å². The number of rotatable bonds is 2. The lowest BCUT2D eigenvalue weighted by Crippen LogP contribution is -2.46. The molecule has 1 aliphatic heterocycles. The van der Waals surface area contributed by atoms with Crippen molar-refractivity contribution >= 4 is 10.0 Å². The minimum atomic E-state index is -3.37. The van der Waals surface area contributed by atoms with E-state index in [1.807, 2.05) is 26.0 Å². The summed E-state index contributed by atoms with van der Waals surface area (Å²) in [4.78, 5) is 0.358. The standard InChI is InChI=1S/C12H17NO3S/c1-10-3-5-12(6-4-10)17(14,15)13-7-8-16-9-11(13)2/h3-6,11H,7-9H2,1-2H3. The summed E-state index contributed by atoms with van der Waals surface area (Å²) in [6, 6.07) is 6.85. The summed E-state index contributed by atoms with van der Waals surface area (Å²) in [7, 11) is -3.37. The summed E-state index contributed by atoms with van der Waals surface area (Å²) in [5, 5.41) is 0. The number of hydrogen-bond donors (Lipinski definition) is 0. The molecule has 1 unspecified atom stereocenters. The number of benzene rings is 1. The van der Waals surface area contributed by atoms with Gasteiger partial charge in [-0.05, 0) is 26.0 Å². The predicted molar refractivity (Wildman–Crippen MR) is 65.4 cm³/mol. The Hall–Kier alpha value is -0.910. The van der Waals surface area contributed by atoms with Gasteiger partial charge in [0, 0.05) is 12.6 Å². The Kier molecular flexibility index (Phi) is 3.51. The van der Waals surface area contributed by atoms with E-state index in [9.17, 15) is 8.42 Å². The fourth-order valence-corrected chi connectivity index (χ4v) is 3.51. The number of sulfonamides is 1. The van der Waals surface area contributed by atoms with E-state index in [4.69, 9.17) is 4.74 Å². The third kappa shape index (κ3) is 2.51. The highest BCUT2D eigenvalue weighted by molar-refractivity contribution is 7.89. The molecule has 4 nitrogen and oxygen atoms in total. The third-order valence-electron chi connectivity index (χ3n) is 2.93. The summed E-state index contributed by atoms with van der Waals surface area (Å²) in [5.41, 5.74) is 1.05.